The molecule has 1 aliphatic rings. The quantitative estimate of drug-likeness (QED) is 0.0125. The van der Waals surface area contributed by atoms with Gasteiger partial charge in [-0.15, -0.1) is 0 Å². The summed E-state index contributed by atoms with van der Waals surface area (Å²) in [5.41, 5.74) is 17.1. The van der Waals surface area contributed by atoms with E-state index in [4.69, 9.17) is 17.3 Å². The number of carbonyl (C=O) groups excluding carboxylic acids is 13. The number of hydrogen-bond donors (Lipinski definition) is 19. The Kier molecular flexibility index (Phi) is 37.0. The molecule has 5 rings (SSSR count). The van der Waals surface area contributed by atoms with Gasteiger partial charge in [-0.1, -0.05) is 123 Å². The summed E-state index contributed by atoms with van der Waals surface area (Å²) in [6.45, 7) is 3.28. The van der Waals surface area contributed by atoms with E-state index in [-0.39, 0.29) is 31.7 Å². The zero-order valence-electron chi connectivity index (χ0n) is 63.2. The third-order valence-electron chi connectivity index (χ3n) is 17.3. The molecule has 115 heavy (non-hydrogen) atoms. The van der Waals surface area contributed by atoms with Gasteiger partial charge in [-0.3, -0.25) is 86.3 Å². The maximum Gasteiger partial charge on any atom is 0.305 e. The zero-order valence-corrected chi connectivity index (χ0v) is 63.2. The third kappa shape index (κ3) is 33.1. The van der Waals surface area contributed by atoms with Crippen molar-refractivity contribution in [3.63, 3.8) is 0 Å². The van der Waals surface area contributed by atoms with Gasteiger partial charge in [0.15, 0.2) is 0 Å². The van der Waals surface area contributed by atoms with E-state index in [2.05, 4.69) is 21.3 Å². The molecule has 4 aromatic rings. The number of rotatable bonds is 47. The van der Waals surface area contributed by atoms with E-state index < -0.39 is 220 Å². The van der Waals surface area contributed by atoms with Crippen molar-refractivity contribution >= 4 is 124 Å². The number of allylic oxidation sites excluding steroid dienone is 2. The van der Waals surface area contributed by atoms with Crippen molar-refractivity contribution in [3.8, 4) is 0 Å². The van der Waals surface area contributed by atoms with Gasteiger partial charge in [0.05, 0.1) is 64.0 Å². The van der Waals surface area contributed by atoms with Crippen LogP contribution in [0.4, 0.5) is 5.69 Å². The molecule has 0 saturated heterocycles. The van der Waals surface area contributed by atoms with Crippen LogP contribution in [0.15, 0.2) is 121 Å². The summed E-state index contributed by atoms with van der Waals surface area (Å²) >= 11 is 0. The topological polar surface area (TPSA) is 625 Å². The summed E-state index contributed by atoms with van der Waals surface area (Å²) in [6.07, 6.45) is -2.57. The Bertz CT molecular complexity index is 4270. The molecule has 39 nitrogen and oxygen atoms in total. The van der Waals surface area contributed by atoms with Crippen LogP contribution in [0.3, 0.4) is 0 Å². The number of nitrogens with two attached hydrogens (primary N) is 3. The smallest absolute Gasteiger partial charge is 0.305 e. The third-order valence-corrected chi connectivity index (χ3v) is 17.3. The van der Waals surface area contributed by atoms with Gasteiger partial charge in [0.25, 0.3) is 0 Å². The molecule has 0 fully saturated rings. The molecule has 0 radical (unpaired) electrons. The number of primary amides is 1. The molecule has 22 N–H and O–H groups in total. The van der Waals surface area contributed by atoms with Gasteiger partial charge in [-0.25, -0.2) is 5.84 Å². The lowest BCUT2D eigenvalue weighted by Crippen LogP contribution is -2.60. The first-order valence-corrected chi connectivity index (χ1v) is 36.3. The van der Waals surface area contributed by atoms with Crippen LogP contribution in [0.25, 0.3) is 11.6 Å². The molecule has 13 amide bonds. The zero-order chi connectivity index (χ0) is 85.0. The van der Waals surface area contributed by atoms with Crippen LogP contribution in [-0.4, -0.2) is 212 Å². The molecule has 8 unspecified atom stereocenters. The maximum absolute atomic E-state index is 14.5. The van der Waals surface area contributed by atoms with Crippen LogP contribution >= 0.6 is 0 Å². The Hall–Kier alpha value is -13.6. The Morgan fingerprint density at radius 2 is 0.826 bits per heavy atom. The summed E-state index contributed by atoms with van der Waals surface area (Å²) in [4.78, 5) is 238. The average molecular weight is 1600 g/mol. The van der Waals surface area contributed by atoms with Crippen LogP contribution in [0.1, 0.15) is 119 Å². The van der Waals surface area contributed by atoms with E-state index in [0.717, 1.165) is 22.3 Å². The van der Waals surface area contributed by atoms with Crippen LogP contribution in [0.2, 0.25) is 0 Å². The number of nitrogens with one attached hydrogen (secondary N) is 11. The molecule has 0 aliphatic carbocycles. The highest BCUT2D eigenvalue weighted by atomic mass is 16.4. The van der Waals surface area contributed by atoms with E-state index >= 15 is 0 Å². The van der Waals surface area contributed by atoms with Gasteiger partial charge in [-0.05, 0) is 72.4 Å². The standard InChI is InChI=1S/C76H96N16O23/c1-42(2)28-48(77)41-91(79)27-15-14-23-50(69(78)108)85-71(110)51(30-44-16-6-4-7-17-44)86-72(111)52(31-45-18-8-5-9-19-45)87-75(114)56(35-67(104)105)90-76(115)57(36-68(106)107)89-74(113)55(34-66(102)103)84-62(96)39-81-60(94)37-80-61(95)38-82-70(109)53(32-64(98)99)88-73(112)54(33-65(100)101)83-59(93)25-26-63(97)92-40-47-21-11-10-20-46(47)29-43(3)49-22-12-13-24-58(49)92/h4-13,16-22,24,29,41-42,50-57H,14-15,23,25-28,30-40,77,79H2,1-3H3,(H2,78,108)(H,80,95)(H,81,94)(H,82,109)(H,83,93)(H,84,96)(H,85,110)(H,86,111)(H,87,114)(H,88,112)(H,89,113)(H,90,115)(H,98,99)(H,100,101)(H,102,103)(H,104,105)(H,106,107)/b43-29-,48-41-. The second kappa shape index (κ2) is 46.3. The highest BCUT2D eigenvalue weighted by molar-refractivity contribution is 6.03. The second-order valence-electron chi connectivity index (χ2n) is 27.2. The van der Waals surface area contributed by atoms with Crippen molar-refractivity contribution in [2.75, 3.05) is 31.1 Å². The summed E-state index contributed by atoms with van der Waals surface area (Å²) in [6, 6.07) is 15.7. The van der Waals surface area contributed by atoms with Gasteiger partial charge in [0, 0.05) is 49.7 Å². The van der Waals surface area contributed by atoms with Crippen LogP contribution in [0.5, 0.6) is 0 Å². The van der Waals surface area contributed by atoms with Crippen molar-refractivity contribution in [2.24, 2.45) is 23.2 Å². The van der Waals surface area contributed by atoms with E-state index in [1.165, 1.54) is 9.91 Å². The highest BCUT2D eigenvalue weighted by Crippen LogP contribution is 2.34. The average Bonchev–Trinajstić information content (AvgIpc) is 0.791. The number of para-hydroxylation sites is 1. The minimum atomic E-state index is -2.28. The van der Waals surface area contributed by atoms with Crippen molar-refractivity contribution < 1.29 is 112 Å². The predicted octanol–water partition coefficient (Wildman–Crippen LogP) is -2.36. The lowest BCUT2D eigenvalue weighted by molar-refractivity contribution is -0.144. The molecule has 618 valence electrons. The number of anilines is 1. The minimum absolute atomic E-state index is 0.0480. The van der Waals surface area contributed by atoms with E-state index in [1.807, 2.05) is 88.3 Å². The summed E-state index contributed by atoms with van der Waals surface area (Å²) in [5.74, 6) is -17.2. The monoisotopic (exact) mass is 1600 g/mol. The van der Waals surface area contributed by atoms with E-state index in [1.54, 1.807) is 91.1 Å². The van der Waals surface area contributed by atoms with Crippen molar-refractivity contribution in [1.29, 1.82) is 0 Å². The van der Waals surface area contributed by atoms with Crippen molar-refractivity contribution in [2.45, 2.75) is 159 Å². The van der Waals surface area contributed by atoms with E-state index in [9.17, 15) is 112 Å². The fourth-order valence-electron chi connectivity index (χ4n) is 11.7. The Balaban J connectivity index is 1.17. The minimum Gasteiger partial charge on any atom is -0.481 e. The van der Waals surface area contributed by atoms with Gasteiger partial charge < -0.3 is 105 Å². The summed E-state index contributed by atoms with van der Waals surface area (Å²) in [7, 11) is 0. The number of carboxylic acids is 5. The number of hydrogen-bond acceptors (Lipinski definition) is 21. The normalized spacial score (nSPS) is 14.1. The molecule has 0 spiro atoms. The lowest BCUT2D eigenvalue weighted by Gasteiger charge is -2.28. The maximum atomic E-state index is 14.5. The first kappa shape index (κ1) is 92.0. The fraction of sp³-hybridized carbons (Fsp3) is 0.395. The number of carboxylic acid groups (broad SMARTS) is 5. The highest BCUT2D eigenvalue weighted by Gasteiger charge is 2.37. The molecule has 39 heteroatoms. The second-order valence-corrected chi connectivity index (χ2v) is 27.2. The molecule has 4 aromatic carbocycles. The van der Waals surface area contributed by atoms with Gasteiger partial charge in [-0.2, -0.15) is 0 Å². The largest absolute Gasteiger partial charge is 0.481 e. The van der Waals surface area contributed by atoms with Crippen LogP contribution < -0.4 is 80.7 Å². The van der Waals surface area contributed by atoms with Crippen molar-refractivity contribution in [1.82, 2.24) is 63.5 Å². The molecule has 0 saturated carbocycles. The molecule has 8 atom stereocenters. The number of nitrogens with zero attached hydrogens (tertiary/aromatic N) is 2. The van der Waals surface area contributed by atoms with Gasteiger partial charge in [0.1, 0.15) is 48.3 Å². The molecular formula is C76H96N16O23. The van der Waals surface area contributed by atoms with Gasteiger partial charge >= 0.3 is 29.8 Å². The van der Waals surface area contributed by atoms with Crippen molar-refractivity contribution in [3.05, 3.63) is 149 Å². The summed E-state index contributed by atoms with van der Waals surface area (Å²) < 4.78 is 0. The number of hydrazine groups is 1. The number of benzene rings is 4. The number of unbranched alkanes of at least 4 members (excludes halogenated alkanes) is 1. The molecule has 0 bridgehead atoms. The number of aliphatic carboxylic acids is 5. The number of carbonyl (C=O) groups is 18. The molecule has 0 aromatic heterocycles. The van der Waals surface area contributed by atoms with Gasteiger partial charge in [0.2, 0.25) is 76.8 Å². The summed E-state index contributed by atoms with van der Waals surface area (Å²) in [5, 5.41) is 73.9. The Morgan fingerprint density at radius 3 is 1.30 bits per heavy atom. The van der Waals surface area contributed by atoms with E-state index in [0.29, 0.717) is 48.3 Å². The van der Waals surface area contributed by atoms with Crippen LogP contribution in [-0.2, 0) is 106 Å². The SMILES string of the molecule is C/C1=C/c2ccccc2CN(C(=O)CCC(=O)NC(CC(=O)O)C(=O)NC(CC(=O)O)C(=O)NCC(=O)NCC(=O)NCC(=O)NC(CC(=O)O)C(=O)NC(CC(=O)O)C(=O)NC(CC(=O)O)C(=O)NC(Cc2ccccc2)C(=O)NC(Cc2ccccc2)C(=O)NC(CCCCN(N)/C=C(\N)CC(C)C)C(N)=O)c2ccccc21. The molecule has 1 heterocycles. The predicted molar refractivity (Wildman–Crippen MR) is 409 cm³/mol. The first-order valence-electron chi connectivity index (χ1n) is 36.3. The number of fused-ring (bicyclic) bond motifs is 2. The molecule has 1 aliphatic heterocycles. The first-order chi connectivity index (χ1) is 54.4. The lowest BCUT2D eigenvalue weighted by atomic mass is 9.96. The Morgan fingerprint density at radius 1 is 0.435 bits per heavy atom. The fourth-order valence-corrected chi connectivity index (χ4v) is 11.7. The number of amides is 13. The molecular weight excluding hydrogens is 1500 g/mol. The van der Waals surface area contributed by atoms with Crippen LogP contribution in [0, 0.1) is 5.92 Å². The Labute approximate surface area is 659 Å².